The number of benzene rings is 1. The van der Waals surface area contributed by atoms with Crippen molar-refractivity contribution in [2.24, 2.45) is 0 Å². The van der Waals surface area contributed by atoms with Crippen LogP contribution in [-0.4, -0.2) is 21.3 Å². The summed E-state index contributed by atoms with van der Waals surface area (Å²) < 4.78 is 16.7. The Hall–Kier alpha value is -1.46. The zero-order valence-corrected chi connectivity index (χ0v) is 12.7. The van der Waals surface area contributed by atoms with E-state index in [1.54, 1.807) is 26.7 Å². The summed E-state index contributed by atoms with van der Waals surface area (Å²) in [6.07, 6.45) is 3.39. The molecule has 5 heteroatoms. The quantitative estimate of drug-likeness (QED) is 0.915. The Balaban J connectivity index is 2.48. The van der Waals surface area contributed by atoms with Gasteiger partial charge in [0.2, 0.25) is 0 Å². The van der Waals surface area contributed by atoms with Crippen molar-refractivity contribution in [3.8, 4) is 11.5 Å². The molecule has 4 nitrogen and oxygen atoms in total. The first-order valence-corrected chi connectivity index (χ1v) is 6.61. The first-order valence-electron chi connectivity index (χ1n) is 5.82. The number of hydrogen-bond acceptors (Lipinski definition) is 4. The number of halogens is 1. The van der Waals surface area contributed by atoms with Gasteiger partial charge in [0.15, 0.2) is 11.5 Å². The molecule has 0 fully saturated rings. The van der Waals surface area contributed by atoms with Crippen molar-refractivity contribution in [3.63, 3.8) is 0 Å². The number of rotatable bonds is 5. The van der Waals surface area contributed by atoms with Crippen LogP contribution >= 0.6 is 15.9 Å². The molecule has 0 spiro atoms. The van der Waals surface area contributed by atoms with E-state index >= 15 is 0 Å². The van der Waals surface area contributed by atoms with Crippen LogP contribution in [0.2, 0.25) is 0 Å². The molecule has 0 aliphatic rings. The minimum Gasteiger partial charge on any atom is -0.493 e. The van der Waals surface area contributed by atoms with Crippen molar-refractivity contribution in [2.75, 3.05) is 21.3 Å². The average molecular weight is 326 g/mol. The van der Waals surface area contributed by atoms with Crippen LogP contribution in [-0.2, 0) is 0 Å². The number of hydrogen-bond donors (Lipinski definition) is 1. The molecule has 1 atom stereocenters. The van der Waals surface area contributed by atoms with Crippen molar-refractivity contribution < 1.29 is 13.9 Å². The van der Waals surface area contributed by atoms with Crippen LogP contribution in [0.25, 0.3) is 0 Å². The van der Waals surface area contributed by atoms with Gasteiger partial charge in [-0.25, -0.2) is 0 Å². The lowest BCUT2D eigenvalue weighted by Crippen LogP contribution is -2.17. The average Bonchev–Trinajstić information content (AvgIpc) is 2.94. The maximum Gasteiger partial charge on any atom is 0.161 e. The fraction of sp³-hybridized carbons (Fsp3) is 0.286. The van der Waals surface area contributed by atoms with Crippen LogP contribution in [0, 0.1) is 0 Å². The third kappa shape index (κ3) is 2.77. The summed E-state index contributed by atoms with van der Waals surface area (Å²) in [5.74, 6) is 1.39. The highest BCUT2D eigenvalue weighted by Gasteiger charge is 2.19. The van der Waals surface area contributed by atoms with E-state index in [4.69, 9.17) is 13.9 Å². The summed E-state index contributed by atoms with van der Waals surface area (Å²) in [7, 11) is 5.15. The summed E-state index contributed by atoms with van der Waals surface area (Å²) in [5, 5.41) is 3.26. The van der Waals surface area contributed by atoms with Crippen LogP contribution in [0.15, 0.2) is 39.6 Å². The first-order chi connectivity index (χ1) is 9.21. The molecule has 19 heavy (non-hydrogen) atoms. The van der Waals surface area contributed by atoms with E-state index in [1.165, 1.54) is 0 Å². The summed E-state index contributed by atoms with van der Waals surface area (Å²) >= 11 is 3.57. The van der Waals surface area contributed by atoms with Gasteiger partial charge in [0.1, 0.15) is 0 Å². The van der Waals surface area contributed by atoms with Gasteiger partial charge in [0, 0.05) is 10.0 Å². The molecule has 1 N–H and O–H groups in total. The van der Waals surface area contributed by atoms with Crippen molar-refractivity contribution >= 4 is 15.9 Å². The highest BCUT2D eigenvalue weighted by molar-refractivity contribution is 9.10. The smallest absolute Gasteiger partial charge is 0.161 e. The lowest BCUT2D eigenvalue weighted by Gasteiger charge is -2.19. The predicted octanol–water partition coefficient (Wildman–Crippen LogP) is 3.37. The van der Waals surface area contributed by atoms with Gasteiger partial charge in [-0.15, -0.1) is 0 Å². The van der Waals surface area contributed by atoms with Crippen LogP contribution in [0.3, 0.4) is 0 Å². The van der Waals surface area contributed by atoms with E-state index in [-0.39, 0.29) is 6.04 Å². The third-order valence-electron chi connectivity index (χ3n) is 2.98. The molecule has 0 amide bonds. The van der Waals surface area contributed by atoms with E-state index in [1.807, 2.05) is 25.2 Å². The van der Waals surface area contributed by atoms with Gasteiger partial charge in [-0.1, -0.05) is 15.9 Å². The fourth-order valence-electron chi connectivity index (χ4n) is 2.03. The molecule has 2 rings (SSSR count). The number of ether oxygens (including phenoxy) is 2. The minimum absolute atomic E-state index is 0.0212. The molecule has 0 radical (unpaired) electrons. The van der Waals surface area contributed by atoms with Gasteiger partial charge in [0.05, 0.1) is 32.8 Å². The number of nitrogens with one attached hydrogen (secondary N) is 1. The lowest BCUT2D eigenvalue weighted by atomic mass is 10.0. The topological polar surface area (TPSA) is 43.6 Å². The van der Waals surface area contributed by atoms with Crippen LogP contribution < -0.4 is 14.8 Å². The molecular formula is C14H16BrNO3. The van der Waals surface area contributed by atoms with E-state index < -0.39 is 0 Å². The van der Waals surface area contributed by atoms with Crippen molar-refractivity contribution in [3.05, 3.63) is 46.3 Å². The van der Waals surface area contributed by atoms with E-state index in [2.05, 4.69) is 21.2 Å². The highest BCUT2D eigenvalue weighted by atomic mass is 79.9. The molecule has 0 aliphatic heterocycles. The molecule has 0 saturated heterocycles. The predicted molar refractivity (Wildman–Crippen MR) is 76.9 cm³/mol. The van der Waals surface area contributed by atoms with Gasteiger partial charge in [-0.2, -0.15) is 0 Å². The summed E-state index contributed by atoms with van der Waals surface area (Å²) in [4.78, 5) is 0. The Kier molecular flexibility index (Phi) is 4.50. The maximum absolute atomic E-state index is 5.35. The lowest BCUT2D eigenvalue weighted by molar-refractivity contribution is 0.354. The standard InChI is InChI=1S/C14H16BrNO3/c1-16-14(9-4-5-19-8-9)10-6-12(17-2)13(18-3)7-11(10)15/h4-8,14,16H,1-3H3. The first kappa shape index (κ1) is 14.0. The van der Waals surface area contributed by atoms with Gasteiger partial charge >= 0.3 is 0 Å². The zero-order chi connectivity index (χ0) is 13.8. The van der Waals surface area contributed by atoms with Crippen LogP contribution in [0.1, 0.15) is 17.2 Å². The van der Waals surface area contributed by atoms with Crippen molar-refractivity contribution in [2.45, 2.75) is 6.04 Å². The van der Waals surface area contributed by atoms with Gasteiger partial charge in [-0.05, 0) is 30.8 Å². The second-order valence-corrected chi connectivity index (χ2v) is 4.86. The SMILES string of the molecule is CNC(c1ccoc1)c1cc(OC)c(OC)cc1Br. The molecule has 102 valence electrons. The van der Waals surface area contributed by atoms with Crippen molar-refractivity contribution in [1.29, 1.82) is 0 Å². The largest absolute Gasteiger partial charge is 0.493 e. The molecule has 0 saturated carbocycles. The Morgan fingerprint density at radius 3 is 2.42 bits per heavy atom. The van der Waals surface area contributed by atoms with Crippen LogP contribution in [0.5, 0.6) is 11.5 Å². The van der Waals surface area contributed by atoms with E-state index in [0.29, 0.717) is 11.5 Å². The Bertz CT molecular complexity index is 540. The summed E-state index contributed by atoms with van der Waals surface area (Å²) in [5.41, 5.74) is 2.11. The third-order valence-corrected chi connectivity index (χ3v) is 3.67. The Morgan fingerprint density at radius 1 is 1.21 bits per heavy atom. The van der Waals surface area contributed by atoms with Crippen LogP contribution in [0.4, 0.5) is 0 Å². The number of methoxy groups -OCH3 is 2. The molecule has 2 aromatic rings. The maximum atomic E-state index is 5.35. The van der Waals surface area contributed by atoms with Gasteiger partial charge in [0.25, 0.3) is 0 Å². The molecule has 1 aromatic heterocycles. The Morgan fingerprint density at radius 2 is 1.89 bits per heavy atom. The fourth-order valence-corrected chi connectivity index (χ4v) is 2.58. The summed E-state index contributed by atoms with van der Waals surface area (Å²) in [6.45, 7) is 0. The molecule has 1 heterocycles. The number of furan rings is 1. The minimum atomic E-state index is 0.0212. The molecule has 0 bridgehead atoms. The van der Waals surface area contributed by atoms with E-state index in [0.717, 1.165) is 15.6 Å². The second kappa shape index (κ2) is 6.12. The zero-order valence-electron chi connectivity index (χ0n) is 11.1. The van der Waals surface area contributed by atoms with Gasteiger partial charge < -0.3 is 19.2 Å². The van der Waals surface area contributed by atoms with Gasteiger partial charge in [-0.3, -0.25) is 0 Å². The Labute approximate surface area is 120 Å². The van der Waals surface area contributed by atoms with E-state index in [9.17, 15) is 0 Å². The second-order valence-electron chi connectivity index (χ2n) is 4.01. The summed E-state index contributed by atoms with van der Waals surface area (Å²) in [6, 6.07) is 5.81. The normalized spacial score (nSPS) is 12.2. The highest BCUT2D eigenvalue weighted by Crippen LogP contribution is 2.37. The molecule has 0 aliphatic carbocycles. The molecule has 1 unspecified atom stereocenters. The molecule has 1 aromatic carbocycles. The molecular weight excluding hydrogens is 310 g/mol. The van der Waals surface area contributed by atoms with Crippen molar-refractivity contribution in [1.82, 2.24) is 5.32 Å². The monoisotopic (exact) mass is 325 g/mol.